The number of fused-ring (bicyclic) bond motifs is 3. The summed E-state index contributed by atoms with van der Waals surface area (Å²) in [5.41, 5.74) is 7.51. The van der Waals surface area contributed by atoms with Gasteiger partial charge in [-0.15, -0.1) is 0 Å². The number of amides is 1. The predicted octanol–water partition coefficient (Wildman–Crippen LogP) is 4.84. The molecule has 0 aromatic heterocycles. The quantitative estimate of drug-likeness (QED) is 0.604. The molecule has 4 rings (SSSR count). The molecule has 0 bridgehead atoms. The fraction of sp³-hybridized carbons (Fsp3) is 0.231. The third-order valence-corrected chi connectivity index (χ3v) is 5.86. The van der Waals surface area contributed by atoms with Crippen molar-refractivity contribution >= 4 is 12.1 Å². The average molecular weight is 415 g/mol. The summed E-state index contributed by atoms with van der Waals surface area (Å²) in [6.45, 7) is 4.07. The Kier molecular flexibility index (Phi) is 5.76. The van der Waals surface area contributed by atoms with Crippen molar-refractivity contribution in [3.63, 3.8) is 0 Å². The van der Waals surface area contributed by atoms with Crippen LogP contribution in [0.2, 0.25) is 0 Å². The normalized spacial score (nSPS) is 13.2. The van der Waals surface area contributed by atoms with Gasteiger partial charge in [0.1, 0.15) is 12.6 Å². The molecule has 0 spiro atoms. The number of carboxylic acids is 1. The third kappa shape index (κ3) is 4.31. The van der Waals surface area contributed by atoms with E-state index in [4.69, 9.17) is 4.74 Å². The van der Waals surface area contributed by atoms with E-state index in [1.54, 1.807) is 0 Å². The summed E-state index contributed by atoms with van der Waals surface area (Å²) < 4.78 is 5.49. The lowest BCUT2D eigenvalue weighted by Crippen LogP contribution is -2.43. The molecule has 2 N–H and O–H groups in total. The highest BCUT2D eigenvalue weighted by atomic mass is 16.5. The monoisotopic (exact) mass is 415 g/mol. The molecule has 0 radical (unpaired) electrons. The molecular formula is C26H25NO4. The summed E-state index contributed by atoms with van der Waals surface area (Å²) in [7, 11) is 0. The van der Waals surface area contributed by atoms with Gasteiger partial charge in [-0.2, -0.15) is 0 Å². The summed E-state index contributed by atoms with van der Waals surface area (Å²) in [6.07, 6.45) is -0.523. The van der Waals surface area contributed by atoms with E-state index in [1.165, 1.54) is 0 Å². The Morgan fingerprint density at radius 1 is 0.968 bits per heavy atom. The molecule has 0 fully saturated rings. The minimum absolute atomic E-state index is 0.0687. The minimum atomic E-state index is -1.09. The standard InChI is InChI=1S/C26H25NO4/c1-16-11-12-18(17(2)13-16)14-24(25(28)29)27-26(30)31-15-23-21-9-5-3-7-19(21)20-8-4-6-10-22(20)23/h3-13,23-24H,14-15H2,1-2H3,(H,27,30)(H,28,29). The molecule has 5 nitrogen and oxygen atoms in total. The molecule has 3 aromatic carbocycles. The minimum Gasteiger partial charge on any atom is -0.480 e. The highest BCUT2D eigenvalue weighted by Crippen LogP contribution is 2.44. The molecular weight excluding hydrogens is 390 g/mol. The van der Waals surface area contributed by atoms with Crippen molar-refractivity contribution in [1.29, 1.82) is 0 Å². The number of ether oxygens (including phenoxy) is 1. The van der Waals surface area contributed by atoms with E-state index in [-0.39, 0.29) is 18.9 Å². The molecule has 1 aliphatic carbocycles. The maximum absolute atomic E-state index is 12.5. The van der Waals surface area contributed by atoms with Crippen LogP contribution in [-0.2, 0) is 16.0 Å². The zero-order chi connectivity index (χ0) is 22.0. The summed E-state index contributed by atoms with van der Waals surface area (Å²) in [6, 6.07) is 20.9. The van der Waals surface area contributed by atoms with Crippen LogP contribution in [-0.4, -0.2) is 29.8 Å². The molecule has 3 aromatic rings. The second kappa shape index (κ2) is 8.64. The molecule has 0 aliphatic heterocycles. The van der Waals surface area contributed by atoms with Crippen LogP contribution >= 0.6 is 0 Å². The van der Waals surface area contributed by atoms with Crippen LogP contribution < -0.4 is 5.32 Å². The fourth-order valence-corrected chi connectivity index (χ4v) is 4.28. The number of carbonyl (C=O) groups is 2. The van der Waals surface area contributed by atoms with Crippen molar-refractivity contribution in [2.75, 3.05) is 6.61 Å². The van der Waals surface area contributed by atoms with Crippen LogP contribution in [0.25, 0.3) is 11.1 Å². The maximum atomic E-state index is 12.5. The van der Waals surface area contributed by atoms with E-state index in [0.29, 0.717) is 0 Å². The Hall–Kier alpha value is -3.60. The first-order valence-corrected chi connectivity index (χ1v) is 10.3. The van der Waals surface area contributed by atoms with E-state index in [2.05, 4.69) is 17.4 Å². The molecule has 158 valence electrons. The van der Waals surface area contributed by atoms with Gasteiger partial charge in [-0.05, 0) is 47.2 Å². The fourth-order valence-electron chi connectivity index (χ4n) is 4.28. The Balaban J connectivity index is 1.44. The highest BCUT2D eigenvalue weighted by molar-refractivity contribution is 5.81. The molecule has 1 aliphatic rings. The number of alkyl carbamates (subject to hydrolysis) is 1. The number of aliphatic carboxylic acids is 1. The number of aryl methyl sites for hydroxylation is 2. The van der Waals surface area contributed by atoms with Crippen molar-refractivity contribution < 1.29 is 19.4 Å². The predicted molar refractivity (Wildman–Crippen MR) is 119 cm³/mol. The molecule has 0 heterocycles. The molecule has 31 heavy (non-hydrogen) atoms. The molecule has 5 heteroatoms. The van der Waals surface area contributed by atoms with Crippen LogP contribution in [0.5, 0.6) is 0 Å². The molecule has 0 saturated heterocycles. The molecule has 1 atom stereocenters. The SMILES string of the molecule is Cc1ccc(CC(NC(=O)OCC2c3ccccc3-c3ccccc32)C(=O)O)c(C)c1. The van der Waals surface area contributed by atoms with Crippen molar-refractivity contribution in [3.05, 3.63) is 94.5 Å². The Bertz CT molecular complexity index is 1090. The topological polar surface area (TPSA) is 75.6 Å². The third-order valence-electron chi connectivity index (χ3n) is 5.86. The molecule has 0 saturated carbocycles. The number of hydrogen-bond acceptors (Lipinski definition) is 3. The summed E-state index contributed by atoms with van der Waals surface area (Å²) >= 11 is 0. The first-order chi connectivity index (χ1) is 14.9. The number of carboxylic acid groups (broad SMARTS) is 1. The van der Waals surface area contributed by atoms with Crippen molar-refractivity contribution in [2.45, 2.75) is 32.2 Å². The lowest BCUT2D eigenvalue weighted by atomic mass is 9.98. The zero-order valence-corrected chi connectivity index (χ0v) is 17.6. The lowest BCUT2D eigenvalue weighted by molar-refractivity contribution is -0.139. The van der Waals surface area contributed by atoms with Gasteiger partial charge in [0.05, 0.1) is 0 Å². The smallest absolute Gasteiger partial charge is 0.407 e. The van der Waals surface area contributed by atoms with E-state index >= 15 is 0 Å². The largest absolute Gasteiger partial charge is 0.480 e. The summed E-state index contributed by atoms with van der Waals surface area (Å²) in [5, 5.41) is 12.1. The van der Waals surface area contributed by atoms with Gasteiger partial charge < -0.3 is 15.2 Å². The van der Waals surface area contributed by atoms with Crippen LogP contribution in [0.1, 0.15) is 33.7 Å². The van der Waals surface area contributed by atoms with E-state index < -0.39 is 18.1 Å². The average Bonchev–Trinajstić information content (AvgIpc) is 3.07. The van der Waals surface area contributed by atoms with E-state index in [9.17, 15) is 14.7 Å². The molecule has 1 unspecified atom stereocenters. The van der Waals surface area contributed by atoms with Gasteiger partial charge in [-0.1, -0.05) is 72.3 Å². The number of nitrogens with one attached hydrogen (secondary N) is 1. The van der Waals surface area contributed by atoms with Gasteiger partial charge in [0.2, 0.25) is 0 Å². The van der Waals surface area contributed by atoms with Gasteiger partial charge in [-0.25, -0.2) is 9.59 Å². The number of rotatable bonds is 6. The van der Waals surface area contributed by atoms with Gasteiger partial charge in [0.25, 0.3) is 0 Å². The van der Waals surface area contributed by atoms with Crippen LogP contribution in [0.3, 0.4) is 0 Å². The maximum Gasteiger partial charge on any atom is 0.407 e. The van der Waals surface area contributed by atoms with Crippen LogP contribution in [0, 0.1) is 13.8 Å². The Labute approximate surface area is 181 Å². The van der Waals surface area contributed by atoms with Gasteiger partial charge in [0, 0.05) is 12.3 Å². The van der Waals surface area contributed by atoms with Gasteiger partial charge in [-0.3, -0.25) is 0 Å². The van der Waals surface area contributed by atoms with Crippen LogP contribution in [0.4, 0.5) is 4.79 Å². The number of benzene rings is 3. The van der Waals surface area contributed by atoms with Gasteiger partial charge >= 0.3 is 12.1 Å². The van der Waals surface area contributed by atoms with Crippen LogP contribution in [0.15, 0.2) is 66.7 Å². The highest BCUT2D eigenvalue weighted by Gasteiger charge is 2.29. The Morgan fingerprint density at radius 3 is 2.16 bits per heavy atom. The second-order valence-electron chi connectivity index (χ2n) is 7.99. The zero-order valence-electron chi connectivity index (χ0n) is 17.6. The van der Waals surface area contributed by atoms with Gasteiger partial charge in [0.15, 0.2) is 0 Å². The number of hydrogen-bond donors (Lipinski definition) is 2. The van der Waals surface area contributed by atoms with Crippen molar-refractivity contribution in [3.8, 4) is 11.1 Å². The first kappa shape index (κ1) is 20.7. The van der Waals surface area contributed by atoms with E-state index in [0.717, 1.165) is 38.9 Å². The summed E-state index contributed by atoms with van der Waals surface area (Å²) in [4.78, 5) is 24.2. The second-order valence-corrected chi connectivity index (χ2v) is 7.99. The first-order valence-electron chi connectivity index (χ1n) is 10.3. The van der Waals surface area contributed by atoms with Crippen molar-refractivity contribution in [2.24, 2.45) is 0 Å². The molecule has 1 amide bonds. The number of carbonyl (C=O) groups excluding carboxylic acids is 1. The van der Waals surface area contributed by atoms with Crippen molar-refractivity contribution in [1.82, 2.24) is 5.32 Å². The lowest BCUT2D eigenvalue weighted by Gasteiger charge is -2.18. The van der Waals surface area contributed by atoms with E-state index in [1.807, 2.05) is 68.4 Å². The summed E-state index contributed by atoms with van der Waals surface area (Å²) in [5.74, 6) is -1.16. The Morgan fingerprint density at radius 2 is 1.58 bits per heavy atom.